The molecule has 1 aromatic rings. The maximum absolute atomic E-state index is 12.4. The standard InChI is InChI=1S/C41H74O4S/c1-2-3-4-5-6-7-8-9-10-11-12-13-14-15-16-17-18-19-20-21-22-23-24-25-26-27-28-29-30-31-32-33-37-40(42)39-36-34-35-38-41(39)46(43,44)45/h34-36,38H,2-33,37H2,1H3,(H,43,44,45). The Bertz CT molecular complexity index is 926. The maximum atomic E-state index is 12.4. The van der Waals surface area contributed by atoms with Crippen LogP contribution in [-0.4, -0.2) is 18.8 Å². The van der Waals surface area contributed by atoms with Crippen LogP contribution in [0.4, 0.5) is 0 Å². The Hall–Kier alpha value is -1.20. The second-order valence-electron chi connectivity index (χ2n) is 14.1. The van der Waals surface area contributed by atoms with Gasteiger partial charge in [0, 0.05) is 12.0 Å². The van der Waals surface area contributed by atoms with E-state index in [0.29, 0.717) is 6.42 Å². The van der Waals surface area contributed by atoms with Gasteiger partial charge in [-0.25, -0.2) is 0 Å². The molecule has 0 saturated heterocycles. The third kappa shape index (κ3) is 25.8. The van der Waals surface area contributed by atoms with Crippen molar-refractivity contribution in [1.82, 2.24) is 0 Å². The number of unbranched alkanes of at least 4 members (excludes halogenated alkanes) is 31. The van der Waals surface area contributed by atoms with Gasteiger partial charge in [0.25, 0.3) is 10.1 Å². The van der Waals surface area contributed by atoms with E-state index >= 15 is 0 Å². The lowest BCUT2D eigenvalue weighted by atomic mass is 10.0. The summed E-state index contributed by atoms with van der Waals surface area (Å²) in [5.74, 6) is -0.209. The maximum Gasteiger partial charge on any atom is 0.295 e. The highest BCUT2D eigenvalue weighted by Gasteiger charge is 2.19. The van der Waals surface area contributed by atoms with Gasteiger partial charge in [-0.1, -0.05) is 224 Å². The second kappa shape index (κ2) is 31.1. The van der Waals surface area contributed by atoms with Crippen LogP contribution in [0.1, 0.15) is 229 Å². The Kier molecular flexibility index (Phi) is 28.9. The first-order chi connectivity index (χ1) is 22.5. The molecule has 1 N–H and O–H groups in total. The van der Waals surface area contributed by atoms with Crippen molar-refractivity contribution in [3.05, 3.63) is 29.8 Å². The van der Waals surface area contributed by atoms with E-state index in [4.69, 9.17) is 0 Å². The molecule has 0 aliphatic heterocycles. The zero-order valence-electron chi connectivity index (χ0n) is 30.2. The van der Waals surface area contributed by atoms with Gasteiger partial charge in [0.2, 0.25) is 0 Å². The van der Waals surface area contributed by atoms with Crippen LogP contribution in [0, 0.1) is 0 Å². The SMILES string of the molecule is CCCCCCCCCCCCCCCCCCCCCCCCCCCCCCCCCCC(=O)c1ccccc1S(=O)(=O)O. The van der Waals surface area contributed by atoms with Gasteiger partial charge in [0.05, 0.1) is 0 Å². The highest BCUT2D eigenvalue weighted by atomic mass is 32.2. The van der Waals surface area contributed by atoms with Crippen molar-refractivity contribution in [2.75, 3.05) is 0 Å². The van der Waals surface area contributed by atoms with Crippen molar-refractivity contribution in [3.63, 3.8) is 0 Å². The van der Waals surface area contributed by atoms with Crippen molar-refractivity contribution >= 4 is 15.9 Å². The van der Waals surface area contributed by atoms with E-state index in [1.165, 1.54) is 204 Å². The minimum absolute atomic E-state index is 0.103. The molecule has 0 amide bonds. The van der Waals surface area contributed by atoms with Crippen molar-refractivity contribution in [2.24, 2.45) is 0 Å². The average molecular weight is 663 g/mol. The molecule has 0 spiro atoms. The summed E-state index contributed by atoms with van der Waals surface area (Å²) in [6.45, 7) is 2.30. The number of ketones is 1. The van der Waals surface area contributed by atoms with E-state index in [2.05, 4.69) is 6.92 Å². The monoisotopic (exact) mass is 663 g/mol. The molecule has 0 saturated carbocycles. The predicted octanol–water partition coefficient (Wildman–Crippen LogP) is 14.0. The number of Topliss-reactive ketones (excluding diaryl/α,β-unsaturated/α-hetero) is 1. The van der Waals surface area contributed by atoms with Crippen LogP contribution in [0.3, 0.4) is 0 Å². The molecule has 46 heavy (non-hydrogen) atoms. The fraction of sp³-hybridized carbons (Fsp3) is 0.829. The van der Waals surface area contributed by atoms with E-state index in [-0.39, 0.29) is 16.2 Å². The molecule has 0 atom stereocenters. The third-order valence-electron chi connectivity index (χ3n) is 9.72. The average Bonchev–Trinajstić information content (AvgIpc) is 3.04. The molecule has 1 aromatic carbocycles. The molecule has 268 valence electrons. The van der Waals surface area contributed by atoms with Gasteiger partial charge < -0.3 is 0 Å². The zero-order valence-corrected chi connectivity index (χ0v) is 31.0. The lowest BCUT2D eigenvalue weighted by Crippen LogP contribution is -2.08. The van der Waals surface area contributed by atoms with Crippen LogP contribution >= 0.6 is 0 Å². The van der Waals surface area contributed by atoms with Gasteiger partial charge in [-0.05, 0) is 12.5 Å². The Morgan fingerprint density at radius 1 is 0.457 bits per heavy atom. The molecule has 0 heterocycles. The first-order valence-corrected chi connectivity index (χ1v) is 21.5. The molecule has 0 radical (unpaired) electrons. The van der Waals surface area contributed by atoms with Crippen molar-refractivity contribution < 1.29 is 17.8 Å². The summed E-state index contributed by atoms with van der Waals surface area (Å²) < 4.78 is 32.3. The van der Waals surface area contributed by atoms with Crippen molar-refractivity contribution in [2.45, 2.75) is 224 Å². The quantitative estimate of drug-likeness (QED) is 0.0446. The molecule has 0 fully saturated rings. The van der Waals surface area contributed by atoms with Crippen molar-refractivity contribution in [1.29, 1.82) is 0 Å². The molecular weight excluding hydrogens is 589 g/mol. The van der Waals surface area contributed by atoms with Gasteiger partial charge in [0.1, 0.15) is 4.90 Å². The molecule has 0 bridgehead atoms. The van der Waals surface area contributed by atoms with Gasteiger partial charge in [-0.2, -0.15) is 8.42 Å². The Balaban J connectivity index is 1.73. The smallest absolute Gasteiger partial charge is 0.294 e. The highest BCUT2D eigenvalue weighted by Crippen LogP contribution is 2.20. The largest absolute Gasteiger partial charge is 0.295 e. The van der Waals surface area contributed by atoms with E-state index in [9.17, 15) is 17.8 Å². The number of hydrogen-bond donors (Lipinski definition) is 1. The summed E-state index contributed by atoms with van der Waals surface area (Å²) in [6, 6.07) is 5.91. The topological polar surface area (TPSA) is 71.4 Å². The molecule has 0 aliphatic carbocycles. The van der Waals surface area contributed by atoms with E-state index in [1.54, 1.807) is 6.07 Å². The lowest BCUT2D eigenvalue weighted by Gasteiger charge is -2.06. The number of benzene rings is 1. The van der Waals surface area contributed by atoms with Gasteiger partial charge in [0.15, 0.2) is 5.78 Å². The summed E-state index contributed by atoms with van der Waals surface area (Å²) in [5, 5.41) is 0. The number of carbonyl (C=O) groups is 1. The lowest BCUT2D eigenvalue weighted by molar-refractivity contribution is 0.0975. The van der Waals surface area contributed by atoms with Crippen LogP contribution in [0.25, 0.3) is 0 Å². The minimum atomic E-state index is -4.37. The van der Waals surface area contributed by atoms with Crippen molar-refractivity contribution in [3.8, 4) is 0 Å². The second-order valence-corrected chi connectivity index (χ2v) is 15.5. The van der Waals surface area contributed by atoms with Gasteiger partial charge in [-0.3, -0.25) is 9.35 Å². The predicted molar refractivity (Wildman–Crippen MR) is 199 cm³/mol. The fourth-order valence-corrected chi connectivity index (χ4v) is 7.43. The minimum Gasteiger partial charge on any atom is -0.294 e. The van der Waals surface area contributed by atoms with E-state index in [0.717, 1.165) is 19.3 Å². The summed E-state index contributed by atoms with van der Waals surface area (Å²) in [6.07, 6.45) is 44.3. The van der Waals surface area contributed by atoms with E-state index in [1.807, 2.05) is 0 Å². The molecular formula is C41H74O4S. The Morgan fingerprint density at radius 2 is 0.717 bits per heavy atom. The molecule has 0 aliphatic rings. The first-order valence-electron chi connectivity index (χ1n) is 20.1. The molecule has 5 heteroatoms. The number of carbonyl (C=O) groups excluding carboxylic acids is 1. The Morgan fingerprint density at radius 3 is 1.00 bits per heavy atom. The molecule has 0 unspecified atom stereocenters. The summed E-state index contributed by atoms with van der Waals surface area (Å²) in [7, 11) is -4.37. The summed E-state index contributed by atoms with van der Waals surface area (Å²) in [5.41, 5.74) is 0.103. The fourth-order valence-electron chi connectivity index (χ4n) is 6.72. The molecule has 0 aromatic heterocycles. The zero-order chi connectivity index (χ0) is 33.4. The number of hydrogen-bond acceptors (Lipinski definition) is 3. The van der Waals surface area contributed by atoms with Crippen LogP contribution in [0.15, 0.2) is 29.2 Å². The highest BCUT2D eigenvalue weighted by molar-refractivity contribution is 7.86. The Labute approximate surface area is 286 Å². The van der Waals surface area contributed by atoms with Crippen LogP contribution in [0.2, 0.25) is 0 Å². The number of rotatable bonds is 35. The molecule has 1 rings (SSSR count). The van der Waals surface area contributed by atoms with Gasteiger partial charge >= 0.3 is 0 Å². The summed E-state index contributed by atoms with van der Waals surface area (Å²) in [4.78, 5) is 12.1. The van der Waals surface area contributed by atoms with Crippen LogP contribution in [-0.2, 0) is 10.1 Å². The van der Waals surface area contributed by atoms with Gasteiger partial charge in [-0.15, -0.1) is 0 Å². The third-order valence-corrected chi connectivity index (χ3v) is 10.6. The normalized spacial score (nSPS) is 11.8. The van der Waals surface area contributed by atoms with Crippen LogP contribution < -0.4 is 0 Å². The van der Waals surface area contributed by atoms with E-state index < -0.39 is 10.1 Å². The summed E-state index contributed by atoms with van der Waals surface area (Å²) >= 11 is 0. The molecule has 4 nitrogen and oxygen atoms in total. The first kappa shape index (κ1) is 42.8. The van der Waals surface area contributed by atoms with Crippen LogP contribution in [0.5, 0.6) is 0 Å².